The molecule has 2 aromatic carbocycles. The molecule has 2 N–H and O–H groups in total. The van der Waals surface area contributed by atoms with Crippen LogP contribution in [0.4, 0.5) is 21.7 Å². The summed E-state index contributed by atoms with van der Waals surface area (Å²) in [5.74, 6) is -1.64. The lowest BCUT2D eigenvalue weighted by molar-refractivity contribution is -0.385. The van der Waals surface area contributed by atoms with Crippen molar-refractivity contribution in [3.05, 3.63) is 87.5 Å². The number of nitrogens with zero attached hydrogens (tertiary/aromatic N) is 3. The van der Waals surface area contributed by atoms with Crippen molar-refractivity contribution in [1.82, 2.24) is 9.97 Å². The van der Waals surface area contributed by atoms with Crippen LogP contribution in [0.3, 0.4) is 0 Å². The average Bonchev–Trinajstić information content (AvgIpc) is 2.65. The number of carboxylic acid groups (broad SMARTS) is 1. The van der Waals surface area contributed by atoms with Crippen LogP contribution in [0.15, 0.2) is 54.7 Å². The van der Waals surface area contributed by atoms with Crippen molar-refractivity contribution < 1.29 is 19.2 Å². The van der Waals surface area contributed by atoms with Crippen molar-refractivity contribution in [2.75, 3.05) is 5.32 Å². The summed E-state index contributed by atoms with van der Waals surface area (Å²) in [6.07, 6.45) is 0.906. The fourth-order valence-electron chi connectivity index (χ4n) is 2.43. The molecule has 8 nitrogen and oxygen atoms in total. The summed E-state index contributed by atoms with van der Waals surface area (Å²) in [5, 5.41) is 22.8. The first kappa shape index (κ1) is 17.9. The maximum atomic E-state index is 14.1. The lowest BCUT2D eigenvalue weighted by Crippen LogP contribution is -2.05. The largest absolute Gasteiger partial charge is 0.478 e. The summed E-state index contributed by atoms with van der Waals surface area (Å²) in [5.41, 5.74) is 0.857. The van der Waals surface area contributed by atoms with Gasteiger partial charge in [-0.3, -0.25) is 10.1 Å². The second-order valence-corrected chi connectivity index (χ2v) is 5.56. The van der Waals surface area contributed by atoms with E-state index < -0.39 is 16.7 Å². The van der Waals surface area contributed by atoms with Crippen molar-refractivity contribution >= 4 is 23.3 Å². The molecule has 136 valence electrons. The number of aromatic carboxylic acids is 1. The summed E-state index contributed by atoms with van der Waals surface area (Å²) in [6, 6.07) is 11.9. The molecule has 0 aliphatic carbocycles. The number of aromatic nitrogens is 2. The molecule has 0 unspecified atom stereocenters. The lowest BCUT2D eigenvalue weighted by atomic mass is 10.1. The molecule has 0 saturated carbocycles. The van der Waals surface area contributed by atoms with Crippen LogP contribution >= 0.6 is 0 Å². The third kappa shape index (κ3) is 4.21. The number of hydrogen-bond donors (Lipinski definition) is 2. The van der Waals surface area contributed by atoms with E-state index in [4.69, 9.17) is 5.11 Å². The molecule has 0 atom stereocenters. The predicted octanol–water partition coefficient (Wildman–Crippen LogP) is 3.56. The van der Waals surface area contributed by atoms with Crippen LogP contribution in [0.1, 0.15) is 21.6 Å². The quantitative estimate of drug-likeness (QED) is 0.504. The second-order valence-electron chi connectivity index (χ2n) is 5.56. The Balaban J connectivity index is 1.84. The Labute approximate surface area is 152 Å². The molecular weight excluding hydrogens is 355 g/mol. The van der Waals surface area contributed by atoms with Gasteiger partial charge in [-0.2, -0.15) is 0 Å². The normalized spacial score (nSPS) is 10.4. The van der Waals surface area contributed by atoms with E-state index in [1.54, 1.807) is 6.07 Å². The summed E-state index contributed by atoms with van der Waals surface area (Å²) in [6.45, 7) is 0. The monoisotopic (exact) mass is 368 g/mol. The molecule has 0 radical (unpaired) electrons. The smallest absolute Gasteiger partial charge is 0.335 e. The van der Waals surface area contributed by atoms with E-state index in [1.165, 1.54) is 42.5 Å². The van der Waals surface area contributed by atoms with Crippen LogP contribution in [0.25, 0.3) is 0 Å². The van der Waals surface area contributed by atoms with Crippen LogP contribution in [0, 0.1) is 15.9 Å². The Morgan fingerprint density at radius 1 is 1.19 bits per heavy atom. The highest BCUT2D eigenvalue weighted by Crippen LogP contribution is 2.22. The molecule has 0 aliphatic heterocycles. The number of nitro benzene ring substituents is 1. The number of halogens is 1. The zero-order chi connectivity index (χ0) is 19.4. The number of nitro groups is 1. The Morgan fingerprint density at radius 3 is 2.56 bits per heavy atom. The molecule has 0 spiro atoms. The average molecular weight is 368 g/mol. The third-order valence-electron chi connectivity index (χ3n) is 3.75. The van der Waals surface area contributed by atoms with Gasteiger partial charge in [0.2, 0.25) is 5.95 Å². The van der Waals surface area contributed by atoms with Crippen molar-refractivity contribution in [2.45, 2.75) is 6.42 Å². The first-order chi connectivity index (χ1) is 12.9. The Bertz CT molecular complexity index is 1010. The summed E-state index contributed by atoms with van der Waals surface area (Å²) < 4.78 is 14.1. The fraction of sp³-hybridized carbons (Fsp3) is 0.0556. The molecule has 3 aromatic rings. The second kappa shape index (κ2) is 7.56. The van der Waals surface area contributed by atoms with Gasteiger partial charge in [0.25, 0.3) is 5.69 Å². The molecule has 0 fully saturated rings. The highest BCUT2D eigenvalue weighted by atomic mass is 19.1. The zero-order valence-electron chi connectivity index (χ0n) is 13.8. The van der Waals surface area contributed by atoms with Crippen LogP contribution < -0.4 is 5.32 Å². The van der Waals surface area contributed by atoms with E-state index in [0.29, 0.717) is 11.3 Å². The SMILES string of the molecule is O=C(O)c1ccc(Nc2ncc(F)c(Cc3ccccc3[N+](=O)[O-])n2)cc1. The van der Waals surface area contributed by atoms with E-state index >= 15 is 0 Å². The molecule has 0 bridgehead atoms. The molecular formula is C18H13FN4O4. The van der Waals surface area contributed by atoms with Gasteiger partial charge in [-0.1, -0.05) is 18.2 Å². The minimum Gasteiger partial charge on any atom is -0.478 e. The van der Waals surface area contributed by atoms with E-state index in [-0.39, 0.29) is 29.3 Å². The highest BCUT2D eigenvalue weighted by Gasteiger charge is 2.16. The maximum absolute atomic E-state index is 14.1. The first-order valence-corrected chi connectivity index (χ1v) is 7.78. The minimum atomic E-state index is -1.05. The Morgan fingerprint density at radius 2 is 1.89 bits per heavy atom. The number of carboxylic acids is 1. The van der Waals surface area contributed by atoms with Crippen molar-refractivity contribution in [1.29, 1.82) is 0 Å². The van der Waals surface area contributed by atoms with Crippen LogP contribution in [-0.2, 0) is 6.42 Å². The minimum absolute atomic E-state index is 0.00366. The standard InChI is InChI=1S/C18H13FN4O4/c19-14-10-20-18(21-13-7-5-11(6-8-13)17(24)25)22-15(14)9-12-3-1-2-4-16(12)23(26)27/h1-8,10H,9H2,(H,24,25)(H,20,21,22). The maximum Gasteiger partial charge on any atom is 0.335 e. The van der Waals surface area contributed by atoms with Crippen LogP contribution in [0.2, 0.25) is 0 Å². The van der Waals surface area contributed by atoms with Gasteiger partial charge in [0.05, 0.1) is 22.4 Å². The summed E-state index contributed by atoms with van der Waals surface area (Å²) in [7, 11) is 0. The number of carbonyl (C=O) groups is 1. The van der Waals surface area contributed by atoms with E-state index in [1.807, 2.05) is 0 Å². The molecule has 0 amide bonds. The highest BCUT2D eigenvalue weighted by molar-refractivity contribution is 5.88. The van der Waals surface area contributed by atoms with Crippen molar-refractivity contribution in [3.63, 3.8) is 0 Å². The van der Waals surface area contributed by atoms with E-state index in [2.05, 4.69) is 15.3 Å². The lowest BCUT2D eigenvalue weighted by Gasteiger charge is -2.08. The van der Waals surface area contributed by atoms with Gasteiger partial charge in [-0.05, 0) is 24.3 Å². The van der Waals surface area contributed by atoms with Gasteiger partial charge in [0.1, 0.15) is 0 Å². The third-order valence-corrected chi connectivity index (χ3v) is 3.75. The van der Waals surface area contributed by atoms with Gasteiger partial charge in [-0.25, -0.2) is 19.2 Å². The van der Waals surface area contributed by atoms with E-state index in [0.717, 1.165) is 6.20 Å². The summed E-state index contributed by atoms with van der Waals surface area (Å²) >= 11 is 0. The van der Waals surface area contributed by atoms with Gasteiger partial charge in [-0.15, -0.1) is 0 Å². The van der Waals surface area contributed by atoms with Gasteiger partial charge < -0.3 is 10.4 Å². The van der Waals surface area contributed by atoms with Gasteiger partial charge in [0.15, 0.2) is 5.82 Å². The Hall–Kier alpha value is -3.88. The van der Waals surface area contributed by atoms with Gasteiger partial charge in [0, 0.05) is 23.7 Å². The number of rotatable bonds is 6. The number of para-hydroxylation sites is 1. The van der Waals surface area contributed by atoms with Crippen molar-refractivity contribution in [2.24, 2.45) is 0 Å². The molecule has 9 heteroatoms. The zero-order valence-corrected chi connectivity index (χ0v) is 13.8. The number of anilines is 2. The van der Waals surface area contributed by atoms with E-state index in [9.17, 15) is 19.3 Å². The fourth-order valence-corrected chi connectivity index (χ4v) is 2.43. The Kier molecular flexibility index (Phi) is 5.02. The van der Waals surface area contributed by atoms with Gasteiger partial charge >= 0.3 is 5.97 Å². The number of benzene rings is 2. The topological polar surface area (TPSA) is 118 Å². The molecule has 0 aliphatic rings. The predicted molar refractivity (Wildman–Crippen MR) is 94.6 cm³/mol. The first-order valence-electron chi connectivity index (χ1n) is 7.78. The molecule has 3 rings (SSSR count). The van der Waals surface area contributed by atoms with Crippen LogP contribution in [-0.4, -0.2) is 26.0 Å². The van der Waals surface area contributed by atoms with Crippen LogP contribution in [0.5, 0.6) is 0 Å². The number of nitrogens with one attached hydrogen (secondary N) is 1. The molecule has 0 saturated heterocycles. The molecule has 27 heavy (non-hydrogen) atoms. The number of hydrogen-bond acceptors (Lipinski definition) is 6. The molecule has 1 aromatic heterocycles. The summed E-state index contributed by atoms with van der Waals surface area (Å²) in [4.78, 5) is 29.4. The molecule has 1 heterocycles. The van der Waals surface area contributed by atoms with Crippen molar-refractivity contribution in [3.8, 4) is 0 Å².